The number of halogens is 1. The van der Waals surface area contributed by atoms with E-state index in [4.69, 9.17) is 11.6 Å². The van der Waals surface area contributed by atoms with Crippen LogP contribution >= 0.6 is 11.6 Å². The van der Waals surface area contributed by atoms with E-state index in [1.807, 2.05) is 11.7 Å². The van der Waals surface area contributed by atoms with E-state index in [1.54, 1.807) is 0 Å². The van der Waals surface area contributed by atoms with Crippen LogP contribution in [0.5, 0.6) is 0 Å². The van der Waals surface area contributed by atoms with E-state index in [0.717, 1.165) is 42.2 Å². The SMILES string of the molecule is CCc1nn(C)c(CC(C)(CC)CNC(C)(C)C)c1Cl. The largest absolute Gasteiger partial charge is 0.312 e. The molecule has 0 saturated carbocycles. The van der Waals surface area contributed by atoms with Gasteiger partial charge in [0.05, 0.1) is 16.4 Å². The van der Waals surface area contributed by atoms with E-state index in [9.17, 15) is 0 Å². The Morgan fingerprint density at radius 2 is 1.80 bits per heavy atom. The summed E-state index contributed by atoms with van der Waals surface area (Å²) in [4.78, 5) is 0. The predicted octanol–water partition coefficient (Wildman–Crippen LogP) is 3.98. The third-order valence-electron chi connectivity index (χ3n) is 4.00. The van der Waals surface area contributed by atoms with Gasteiger partial charge in [-0.25, -0.2) is 0 Å². The maximum Gasteiger partial charge on any atom is 0.0849 e. The first-order valence-corrected chi connectivity index (χ1v) is 7.95. The normalized spacial score (nSPS) is 15.4. The molecule has 0 saturated heterocycles. The van der Waals surface area contributed by atoms with Crippen molar-refractivity contribution in [1.82, 2.24) is 15.1 Å². The third kappa shape index (κ3) is 4.49. The topological polar surface area (TPSA) is 29.9 Å². The molecular weight excluding hydrogens is 270 g/mol. The molecule has 4 heteroatoms. The molecule has 1 N–H and O–H groups in total. The highest BCUT2D eigenvalue weighted by Gasteiger charge is 2.28. The maximum atomic E-state index is 6.48. The van der Waals surface area contributed by atoms with Gasteiger partial charge in [-0.15, -0.1) is 0 Å². The zero-order valence-electron chi connectivity index (χ0n) is 14.1. The Morgan fingerprint density at radius 3 is 2.20 bits per heavy atom. The van der Waals surface area contributed by atoms with Crippen LogP contribution in [-0.4, -0.2) is 21.9 Å². The van der Waals surface area contributed by atoms with Crippen LogP contribution in [0.3, 0.4) is 0 Å². The minimum atomic E-state index is 0.140. The van der Waals surface area contributed by atoms with E-state index in [1.165, 1.54) is 0 Å². The Hall–Kier alpha value is -0.540. The number of nitrogens with one attached hydrogen (secondary N) is 1. The van der Waals surface area contributed by atoms with E-state index < -0.39 is 0 Å². The minimum Gasteiger partial charge on any atom is -0.312 e. The lowest BCUT2D eigenvalue weighted by molar-refractivity contribution is 0.250. The Kier molecular flexibility index (Phi) is 5.68. The lowest BCUT2D eigenvalue weighted by atomic mass is 9.82. The number of nitrogens with zero attached hydrogens (tertiary/aromatic N) is 2. The second-order valence-electron chi connectivity index (χ2n) is 7.13. The van der Waals surface area contributed by atoms with Gasteiger partial charge in [0.2, 0.25) is 0 Å². The lowest BCUT2D eigenvalue weighted by Gasteiger charge is -2.33. The summed E-state index contributed by atoms with van der Waals surface area (Å²) < 4.78 is 1.95. The molecule has 1 aromatic rings. The van der Waals surface area contributed by atoms with Crippen LogP contribution in [0.25, 0.3) is 0 Å². The van der Waals surface area contributed by atoms with Crippen molar-refractivity contribution in [2.75, 3.05) is 6.54 Å². The van der Waals surface area contributed by atoms with Crippen LogP contribution in [0.15, 0.2) is 0 Å². The van der Waals surface area contributed by atoms with Gasteiger partial charge >= 0.3 is 0 Å². The molecule has 0 aliphatic heterocycles. The molecule has 0 aliphatic rings. The Balaban J connectivity index is 2.90. The first kappa shape index (κ1) is 17.5. The molecule has 0 aliphatic carbocycles. The highest BCUT2D eigenvalue weighted by atomic mass is 35.5. The first-order chi connectivity index (χ1) is 9.12. The smallest absolute Gasteiger partial charge is 0.0849 e. The summed E-state index contributed by atoms with van der Waals surface area (Å²) in [6.07, 6.45) is 2.95. The lowest BCUT2D eigenvalue weighted by Crippen LogP contribution is -2.43. The molecule has 1 unspecified atom stereocenters. The number of aryl methyl sites for hydroxylation is 2. The molecule has 0 spiro atoms. The second kappa shape index (κ2) is 6.48. The summed E-state index contributed by atoms with van der Waals surface area (Å²) >= 11 is 6.48. The van der Waals surface area contributed by atoms with Gasteiger partial charge in [-0.05, 0) is 45.4 Å². The van der Waals surface area contributed by atoms with Gasteiger partial charge in [-0.2, -0.15) is 5.10 Å². The van der Waals surface area contributed by atoms with Crippen molar-refractivity contribution in [3.05, 3.63) is 16.4 Å². The zero-order valence-corrected chi connectivity index (χ0v) is 14.9. The van der Waals surface area contributed by atoms with Crippen molar-refractivity contribution in [1.29, 1.82) is 0 Å². The molecule has 0 amide bonds. The highest BCUT2D eigenvalue weighted by molar-refractivity contribution is 6.31. The summed E-state index contributed by atoms with van der Waals surface area (Å²) in [5.41, 5.74) is 2.49. The van der Waals surface area contributed by atoms with Crippen molar-refractivity contribution in [2.45, 2.75) is 66.3 Å². The molecule has 0 aromatic carbocycles. The van der Waals surface area contributed by atoms with Gasteiger partial charge in [0.15, 0.2) is 0 Å². The molecule has 0 radical (unpaired) electrons. The minimum absolute atomic E-state index is 0.140. The van der Waals surface area contributed by atoms with Crippen LogP contribution < -0.4 is 5.32 Å². The van der Waals surface area contributed by atoms with E-state index >= 15 is 0 Å². The Bertz CT molecular complexity index is 445. The summed E-state index contributed by atoms with van der Waals surface area (Å²) in [7, 11) is 1.99. The number of hydrogen-bond donors (Lipinski definition) is 1. The zero-order chi connectivity index (χ0) is 15.6. The van der Waals surface area contributed by atoms with Crippen molar-refractivity contribution in [3.63, 3.8) is 0 Å². The molecule has 3 nitrogen and oxygen atoms in total. The fraction of sp³-hybridized carbons (Fsp3) is 0.812. The van der Waals surface area contributed by atoms with Crippen LogP contribution in [0.1, 0.15) is 59.4 Å². The quantitative estimate of drug-likeness (QED) is 0.861. The summed E-state index contributed by atoms with van der Waals surface area (Å²) in [6, 6.07) is 0. The fourth-order valence-corrected chi connectivity index (χ4v) is 2.57. The van der Waals surface area contributed by atoms with Crippen LogP contribution in [0, 0.1) is 5.41 Å². The highest BCUT2D eigenvalue weighted by Crippen LogP contribution is 2.31. The van der Waals surface area contributed by atoms with E-state index in [2.05, 4.69) is 52.0 Å². The van der Waals surface area contributed by atoms with Crippen molar-refractivity contribution in [2.24, 2.45) is 12.5 Å². The molecular formula is C16H30ClN3. The van der Waals surface area contributed by atoms with E-state index in [0.29, 0.717) is 0 Å². The van der Waals surface area contributed by atoms with E-state index in [-0.39, 0.29) is 11.0 Å². The van der Waals surface area contributed by atoms with Gasteiger partial charge in [0.1, 0.15) is 0 Å². The van der Waals surface area contributed by atoms with Crippen LogP contribution in [0.2, 0.25) is 5.02 Å². The molecule has 1 heterocycles. The average Bonchev–Trinajstić information content (AvgIpc) is 2.63. The van der Waals surface area contributed by atoms with Crippen molar-refractivity contribution < 1.29 is 0 Å². The van der Waals surface area contributed by atoms with Crippen LogP contribution in [-0.2, 0) is 19.9 Å². The summed E-state index contributed by atoms with van der Waals surface area (Å²) in [6.45, 7) is 14.3. The van der Waals surface area contributed by atoms with Gasteiger partial charge in [0.25, 0.3) is 0 Å². The first-order valence-electron chi connectivity index (χ1n) is 7.57. The van der Waals surface area contributed by atoms with Crippen molar-refractivity contribution >= 4 is 11.6 Å². The third-order valence-corrected chi connectivity index (χ3v) is 4.43. The second-order valence-corrected chi connectivity index (χ2v) is 7.51. The average molecular weight is 300 g/mol. The number of hydrogen-bond acceptors (Lipinski definition) is 2. The molecule has 20 heavy (non-hydrogen) atoms. The van der Waals surface area contributed by atoms with Crippen molar-refractivity contribution in [3.8, 4) is 0 Å². The van der Waals surface area contributed by atoms with Gasteiger partial charge < -0.3 is 5.32 Å². The predicted molar refractivity (Wildman–Crippen MR) is 87.5 cm³/mol. The summed E-state index contributed by atoms with van der Waals surface area (Å²) in [5.74, 6) is 0. The van der Waals surface area contributed by atoms with Gasteiger partial charge in [-0.3, -0.25) is 4.68 Å². The Morgan fingerprint density at radius 1 is 1.20 bits per heavy atom. The molecule has 0 bridgehead atoms. The maximum absolute atomic E-state index is 6.48. The number of rotatable bonds is 6. The molecule has 1 aromatic heterocycles. The van der Waals surface area contributed by atoms with Crippen LogP contribution in [0.4, 0.5) is 0 Å². The van der Waals surface area contributed by atoms with Gasteiger partial charge in [-0.1, -0.05) is 32.4 Å². The molecule has 0 fully saturated rings. The molecule has 1 atom stereocenters. The Labute approximate surface area is 129 Å². The monoisotopic (exact) mass is 299 g/mol. The number of aromatic nitrogens is 2. The fourth-order valence-electron chi connectivity index (χ4n) is 2.21. The standard InChI is InChI=1S/C16H30ClN3/c1-8-12-14(17)13(20(7)19-12)10-16(6,9-2)11-18-15(3,4)5/h18H,8-11H2,1-7H3. The van der Waals surface area contributed by atoms with Gasteiger partial charge in [0, 0.05) is 19.1 Å². The molecule has 116 valence electrons. The summed E-state index contributed by atoms with van der Waals surface area (Å²) in [5, 5.41) is 8.99. The molecule has 1 rings (SSSR count).